The number of ether oxygens (including phenoxy) is 1. The molecule has 2 aromatic carbocycles. The molecule has 1 aliphatic rings. The largest absolute Gasteiger partial charge is 0.493 e. The van der Waals surface area contributed by atoms with Crippen LogP contribution in [0.5, 0.6) is 5.75 Å². The molecule has 0 fully saturated rings. The van der Waals surface area contributed by atoms with Crippen molar-refractivity contribution in [2.75, 3.05) is 18.5 Å². The van der Waals surface area contributed by atoms with Gasteiger partial charge >= 0.3 is 6.18 Å². The third kappa shape index (κ3) is 4.24. The molecule has 0 aliphatic carbocycles. The number of rotatable bonds is 6. The van der Waals surface area contributed by atoms with Crippen molar-refractivity contribution in [1.82, 2.24) is 4.98 Å². The molecule has 2 heterocycles. The monoisotopic (exact) mass is 448 g/mol. The van der Waals surface area contributed by atoms with Crippen molar-refractivity contribution in [2.24, 2.45) is 0 Å². The maximum absolute atomic E-state index is 14.2. The molecule has 1 unspecified atom stereocenters. The molecule has 0 amide bonds. The molecule has 0 bridgehead atoms. The molecular formula is C24H24F4N2O2. The van der Waals surface area contributed by atoms with Gasteiger partial charge in [0.25, 0.3) is 0 Å². The van der Waals surface area contributed by atoms with Crippen LogP contribution in [0.2, 0.25) is 0 Å². The fourth-order valence-electron chi connectivity index (χ4n) is 4.30. The highest BCUT2D eigenvalue weighted by Gasteiger charge is 2.56. The SMILES string of the molecule is CC(C)(CC(O)(CNc1ccc2cnccc2c1)C(F)(F)F)c1cc(F)cc2c1OCC2. The molecule has 1 atom stereocenters. The van der Waals surface area contributed by atoms with Crippen LogP contribution in [-0.4, -0.2) is 35.0 Å². The van der Waals surface area contributed by atoms with Gasteiger partial charge in [-0.05, 0) is 47.6 Å². The van der Waals surface area contributed by atoms with Gasteiger partial charge in [-0.2, -0.15) is 13.2 Å². The molecule has 170 valence electrons. The van der Waals surface area contributed by atoms with Gasteiger partial charge < -0.3 is 15.2 Å². The first-order chi connectivity index (χ1) is 15.0. The molecule has 8 heteroatoms. The van der Waals surface area contributed by atoms with Gasteiger partial charge in [0.15, 0.2) is 5.60 Å². The second-order valence-corrected chi connectivity index (χ2v) is 8.92. The summed E-state index contributed by atoms with van der Waals surface area (Å²) < 4.78 is 61.9. The van der Waals surface area contributed by atoms with Crippen LogP contribution in [0, 0.1) is 5.82 Å². The third-order valence-electron chi connectivity index (χ3n) is 5.97. The summed E-state index contributed by atoms with van der Waals surface area (Å²) in [5, 5.41) is 15.2. The number of benzene rings is 2. The normalized spacial score (nSPS) is 15.8. The number of anilines is 1. The molecule has 2 N–H and O–H groups in total. The van der Waals surface area contributed by atoms with Crippen LogP contribution in [0.1, 0.15) is 31.4 Å². The van der Waals surface area contributed by atoms with Crippen LogP contribution >= 0.6 is 0 Å². The van der Waals surface area contributed by atoms with Crippen molar-refractivity contribution in [3.63, 3.8) is 0 Å². The van der Waals surface area contributed by atoms with Gasteiger partial charge in [-0.25, -0.2) is 4.39 Å². The first kappa shape index (κ1) is 22.3. The van der Waals surface area contributed by atoms with E-state index in [1.165, 1.54) is 12.1 Å². The summed E-state index contributed by atoms with van der Waals surface area (Å²) in [6, 6.07) is 9.38. The van der Waals surface area contributed by atoms with Gasteiger partial charge in [-0.15, -0.1) is 0 Å². The lowest BCUT2D eigenvalue weighted by Gasteiger charge is -2.38. The van der Waals surface area contributed by atoms with Crippen LogP contribution in [0.3, 0.4) is 0 Å². The van der Waals surface area contributed by atoms with Crippen LogP contribution < -0.4 is 10.1 Å². The molecule has 32 heavy (non-hydrogen) atoms. The number of aliphatic hydroxyl groups is 1. The zero-order chi connectivity index (χ0) is 23.1. The molecule has 1 aromatic heterocycles. The van der Waals surface area contributed by atoms with E-state index >= 15 is 0 Å². The molecule has 1 aliphatic heterocycles. The van der Waals surface area contributed by atoms with E-state index < -0.39 is 36.0 Å². The van der Waals surface area contributed by atoms with Crippen LogP contribution in [-0.2, 0) is 11.8 Å². The van der Waals surface area contributed by atoms with Crippen molar-refractivity contribution in [1.29, 1.82) is 0 Å². The number of pyridine rings is 1. The molecule has 4 nitrogen and oxygen atoms in total. The zero-order valence-electron chi connectivity index (χ0n) is 17.8. The number of hydrogen-bond acceptors (Lipinski definition) is 4. The minimum Gasteiger partial charge on any atom is -0.493 e. The Labute approximate surface area is 183 Å². The van der Waals surface area contributed by atoms with E-state index in [4.69, 9.17) is 4.74 Å². The highest BCUT2D eigenvalue weighted by Crippen LogP contribution is 2.45. The summed E-state index contributed by atoms with van der Waals surface area (Å²) in [6.45, 7) is 2.71. The maximum Gasteiger partial charge on any atom is 0.418 e. The Hall–Kier alpha value is -2.87. The van der Waals surface area contributed by atoms with Gasteiger partial charge in [-0.3, -0.25) is 4.98 Å². The number of hydrogen-bond donors (Lipinski definition) is 2. The Morgan fingerprint density at radius 3 is 2.62 bits per heavy atom. The van der Waals surface area contributed by atoms with Gasteiger partial charge in [-0.1, -0.05) is 19.9 Å². The summed E-state index contributed by atoms with van der Waals surface area (Å²) in [7, 11) is 0. The quantitative estimate of drug-likeness (QED) is 0.497. The highest BCUT2D eigenvalue weighted by molar-refractivity contribution is 5.84. The Kier molecular flexibility index (Phi) is 5.53. The van der Waals surface area contributed by atoms with Crippen LogP contribution in [0.4, 0.5) is 23.2 Å². The zero-order valence-corrected chi connectivity index (χ0v) is 17.8. The lowest BCUT2D eigenvalue weighted by atomic mass is 9.74. The first-order valence-corrected chi connectivity index (χ1v) is 10.3. The van der Waals surface area contributed by atoms with Gasteiger partial charge in [0.1, 0.15) is 11.6 Å². The Morgan fingerprint density at radius 2 is 1.88 bits per heavy atom. The predicted octanol–water partition coefficient (Wildman–Crippen LogP) is 5.38. The lowest BCUT2D eigenvalue weighted by Crippen LogP contribution is -2.53. The molecule has 3 aromatic rings. The van der Waals surface area contributed by atoms with E-state index in [1.807, 2.05) is 0 Å². The standard InChI is InChI=1S/C24H24F4N2O2/c1-22(2,20-11-18(25)9-16-6-8-32-21(16)20)13-23(31,24(26,27)28)14-30-19-4-3-17-12-29-7-5-15(17)10-19/h3-5,7,9-12,30-31H,6,8,13-14H2,1-2H3. The molecule has 0 spiro atoms. The van der Waals surface area contributed by atoms with Crippen molar-refractivity contribution in [3.05, 3.63) is 65.7 Å². The molecule has 4 rings (SSSR count). The van der Waals surface area contributed by atoms with E-state index in [-0.39, 0.29) is 0 Å². The highest BCUT2D eigenvalue weighted by atomic mass is 19.4. The average Bonchev–Trinajstić information content (AvgIpc) is 3.18. The average molecular weight is 448 g/mol. The fourth-order valence-corrected chi connectivity index (χ4v) is 4.30. The Morgan fingerprint density at radius 1 is 1.09 bits per heavy atom. The Balaban J connectivity index is 1.61. The minimum atomic E-state index is -4.91. The maximum atomic E-state index is 14.2. The number of alkyl halides is 3. The number of fused-ring (bicyclic) bond motifs is 2. The summed E-state index contributed by atoms with van der Waals surface area (Å²) >= 11 is 0. The minimum absolute atomic E-state index is 0.325. The van der Waals surface area contributed by atoms with Gasteiger partial charge in [0.2, 0.25) is 0 Å². The van der Waals surface area contributed by atoms with E-state index in [2.05, 4.69) is 10.3 Å². The topological polar surface area (TPSA) is 54.4 Å². The van der Waals surface area contributed by atoms with E-state index in [0.717, 1.165) is 10.8 Å². The van der Waals surface area contributed by atoms with Gasteiger partial charge in [0, 0.05) is 41.0 Å². The summed E-state index contributed by atoms with van der Waals surface area (Å²) in [4.78, 5) is 4.01. The predicted molar refractivity (Wildman–Crippen MR) is 114 cm³/mol. The summed E-state index contributed by atoms with van der Waals surface area (Å²) in [5.74, 6) is -0.117. The van der Waals surface area contributed by atoms with Crippen molar-refractivity contribution in [2.45, 2.75) is 43.9 Å². The van der Waals surface area contributed by atoms with Crippen LogP contribution in [0.15, 0.2) is 48.8 Å². The lowest BCUT2D eigenvalue weighted by molar-refractivity contribution is -0.260. The van der Waals surface area contributed by atoms with E-state index in [9.17, 15) is 22.7 Å². The second kappa shape index (κ2) is 7.92. The third-order valence-corrected chi connectivity index (χ3v) is 5.97. The smallest absolute Gasteiger partial charge is 0.418 e. The second-order valence-electron chi connectivity index (χ2n) is 8.92. The Bertz CT molecular complexity index is 1150. The van der Waals surface area contributed by atoms with E-state index in [1.54, 1.807) is 50.5 Å². The number of nitrogens with one attached hydrogen (secondary N) is 1. The van der Waals surface area contributed by atoms with Crippen molar-refractivity contribution >= 4 is 16.5 Å². The van der Waals surface area contributed by atoms with E-state index in [0.29, 0.717) is 35.6 Å². The summed E-state index contributed by atoms with van der Waals surface area (Å²) in [6.07, 6.45) is -1.82. The molecule has 0 radical (unpaired) electrons. The number of aromatic nitrogens is 1. The summed E-state index contributed by atoms with van der Waals surface area (Å²) in [5.41, 5.74) is -2.86. The fraction of sp³-hybridized carbons (Fsp3) is 0.375. The van der Waals surface area contributed by atoms with Crippen LogP contribution in [0.25, 0.3) is 10.8 Å². The number of halogens is 4. The van der Waals surface area contributed by atoms with Gasteiger partial charge in [0.05, 0.1) is 13.2 Å². The first-order valence-electron chi connectivity index (χ1n) is 10.3. The van der Waals surface area contributed by atoms with Crippen molar-refractivity contribution in [3.8, 4) is 5.75 Å². The molecular weight excluding hydrogens is 424 g/mol. The van der Waals surface area contributed by atoms with Crippen molar-refractivity contribution < 1.29 is 27.4 Å². The number of nitrogens with zero attached hydrogens (tertiary/aromatic N) is 1. The molecule has 0 saturated heterocycles. The molecule has 0 saturated carbocycles.